The molecule has 0 aliphatic heterocycles. The van der Waals surface area contributed by atoms with E-state index in [9.17, 15) is 22.2 Å². The van der Waals surface area contributed by atoms with E-state index in [0.717, 1.165) is 0 Å². The van der Waals surface area contributed by atoms with E-state index in [1.54, 1.807) is 27.7 Å². The number of hydrogen-bond acceptors (Lipinski definition) is 3. The smallest absolute Gasteiger partial charge is 0.405 e. The molecule has 0 unspecified atom stereocenters. The van der Waals surface area contributed by atoms with Crippen molar-refractivity contribution in [1.82, 2.24) is 4.72 Å². The molecule has 3 atom stereocenters. The monoisotopic (exact) mass is 359 g/mol. The predicted molar refractivity (Wildman–Crippen MR) is 85.1 cm³/mol. The minimum absolute atomic E-state index is 0.00392. The summed E-state index contributed by atoms with van der Waals surface area (Å²) in [4.78, 5) is 12.0. The standard InChI is InChI=1S/C15H28F3NO3S/c1-7-22-13(20)11(9-8-10(2)3)12(15(16,17)18)19-23(21)14(4,5)6/h10-12,19H,7-9H2,1-6H3/t11-,12-,23-/m0/s1. The van der Waals surface area contributed by atoms with Crippen LogP contribution < -0.4 is 4.72 Å². The van der Waals surface area contributed by atoms with Crippen LogP contribution in [0.4, 0.5) is 13.2 Å². The summed E-state index contributed by atoms with van der Waals surface area (Å²) in [5.41, 5.74) is 0. The number of hydrogen-bond donors (Lipinski definition) is 1. The fourth-order valence-electron chi connectivity index (χ4n) is 1.85. The van der Waals surface area contributed by atoms with Gasteiger partial charge in [0.25, 0.3) is 0 Å². The average molecular weight is 359 g/mol. The zero-order valence-corrected chi connectivity index (χ0v) is 15.4. The third-order valence-electron chi connectivity index (χ3n) is 3.19. The number of nitrogens with one attached hydrogen (secondary N) is 1. The van der Waals surface area contributed by atoms with Gasteiger partial charge in [-0.15, -0.1) is 0 Å². The highest BCUT2D eigenvalue weighted by Gasteiger charge is 2.49. The summed E-state index contributed by atoms with van der Waals surface area (Å²) in [5.74, 6) is -2.17. The number of esters is 1. The SMILES string of the molecule is CCOC(=O)[C@@H](CCC(C)C)[C@H](N[S@@](=O)C(C)(C)C)C(F)(F)F. The molecular weight excluding hydrogens is 331 g/mol. The average Bonchev–Trinajstić information content (AvgIpc) is 2.34. The van der Waals surface area contributed by atoms with Crippen LogP contribution in [0.15, 0.2) is 0 Å². The van der Waals surface area contributed by atoms with Crippen molar-refractivity contribution in [2.45, 2.75) is 71.3 Å². The molecule has 138 valence electrons. The van der Waals surface area contributed by atoms with E-state index >= 15 is 0 Å². The molecule has 0 fully saturated rings. The molecule has 4 nitrogen and oxygen atoms in total. The number of alkyl halides is 3. The lowest BCUT2D eigenvalue weighted by Gasteiger charge is -2.31. The van der Waals surface area contributed by atoms with E-state index in [1.165, 1.54) is 0 Å². The van der Waals surface area contributed by atoms with E-state index in [-0.39, 0.29) is 18.9 Å². The van der Waals surface area contributed by atoms with Crippen LogP contribution in [0.1, 0.15) is 54.4 Å². The molecule has 1 N–H and O–H groups in total. The van der Waals surface area contributed by atoms with E-state index in [2.05, 4.69) is 4.72 Å². The normalized spacial score (nSPS) is 17.0. The van der Waals surface area contributed by atoms with E-state index < -0.39 is 39.8 Å². The lowest BCUT2D eigenvalue weighted by Crippen LogP contribution is -2.53. The van der Waals surface area contributed by atoms with E-state index in [0.29, 0.717) is 6.42 Å². The molecule has 0 radical (unpaired) electrons. The number of ether oxygens (including phenoxy) is 1. The Kier molecular flexibility index (Phi) is 8.76. The molecule has 0 rings (SSSR count). The Balaban J connectivity index is 5.46. The fourth-order valence-corrected chi connectivity index (χ4v) is 2.73. The zero-order chi connectivity index (χ0) is 18.4. The minimum atomic E-state index is -4.70. The molecule has 8 heteroatoms. The van der Waals surface area contributed by atoms with Crippen molar-refractivity contribution in [1.29, 1.82) is 0 Å². The van der Waals surface area contributed by atoms with Crippen LogP contribution in [-0.4, -0.2) is 33.8 Å². The summed E-state index contributed by atoms with van der Waals surface area (Å²) in [6.07, 6.45) is -4.23. The maximum atomic E-state index is 13.4. The Bertz CT molecular complexity index is 406. The van der Waals surface area contributed by atoms with Gasteiger partial charge in [0, 0.05) is 0 Å². The highest BCUT2D eigenvalue weighted by atomic mass is 32.2. The van der Waals surface area contributed by atoms with Gasteiger partial charge < -0.3 is 4.74 Å². The number of rotatable bonds is 8. The molecule has 23 heavy (non-hydrogen) atoms. The third-order valence-corrected chi connectivity index (χ3v) is 4.77. The van der Waals surface area contributed by atoms with Gasteiger partial charge >= 0.3 is 12.1 Å². The molecule has 0 heterocycles. The third kappa shape index (κ3) is 8.15. The minimum Gasteiger partial charge on any atom is -0.466 e. The quantitative estimate of drug-likeness (QED) is 0.674. The van der Waals surface area contributed by atoms with Gasteiger partial charge in [0.15, 0.2) is 0 Å². The van der Waals surface area contributed by atoms with Crippen molar-refractivity contribution in [3.8, 4) is 0 Å². The van der Waals surface area contributed by atoms with Crippen LogP contribution in [0.3, 0.4) is 0 Å². The lowest BCUT2D eigenvalue weighted by molar-refractivity contribution is -0.179. The highest BCUT2D eigenvalue weighted by Crippen LogP contribution is 2.31. The van der Waals surface area contributed by atoms with Crippen LogP contribution in [0.25, 0.3) is 0 Å². The lowest BCUT2D eigenvalue weighted by atomic mass is 9.91. The molecule has 0 bridgehead atoms. The van der Waals surface area contributed by atoms with Crippen molar-refractivity contribution >= 4 is 17.0 Å². The molecule has 0 aromatic carbocycles. The summed E-state index contributed by atoms with van der Waals surface area (Å²) >= 11 is 0. The van der Waals surface area contributed by atoms with Crippen molar-refractivity contribution in [2.24, 2.45) is 11.8 Å². The van der Waals surface area contributed by atoms with Crippen molar-refractivity contribution < 1.29 is 26.9 Å². The van der Waals surface area contributed by atoms with Gasteiger partial charge in [0.05, 0.1) is 28.3 Å². The van der Waals surface area contributed by atoms with Crippen LogP contribution in [0, 0.1) is 11.8 Å². The summed E-state index contributed by atoms with van der Waals surface area (Å²) in [5, 5.41) is 0. The highest BCUT2D eigenvalue weighted by molar-refractivity contribution is 7.84. The Morgan fingerprint density at radius 2 is 1.70 bits per heavy atom. The van der Waals surface area contributed by atoms with Crippen LogP contribution in [-0.2, 0) is 20.5 Å². The molecule has 0 saturated carbocycles. The van der Waals surface area contributed by atoms with Gasteiger partial charge in [-0.05, 0) is 40.0 Å². The van der Waals surface area contributed by atoms with Crippen molar-refractivity contribution in [3.05, 3.63) is 0 Å². The maximum Gasteiger partial charge on any atom is 0.405 e. The molecule has 0 spiro atoms. The van der Waals surface area contributed by atoms with Gasteiger partial charge in [-0.1, -0.05) is 20.3 Å². The number of halogens is 3. The Morgan fingerprint density at radius 3 is 2.04 bits per heavy atom. The molecule has 0 aromatic rings. The molecule has 0 saturated heterocycles. The Hall–Kier alpha value is -0.630. The maximum absolute atomic E-state index is 13.4. The second kappa shape index (κ2) is 9.01. The van der Waals surface area contributed by atoms with Crippen molar-refractivity contribution in [2.75, 3.05) is 6.61 Å². The zero-order valence-electron chi connectivity index (χ0n) is 14.6. The van der Waals surface area contributed by atoms with E-state index in [4.69, 9.17) is 4.74 Å². The van der Waals surface area contributed by atoms with Crippen LogP contribution >= 0.6 is 0 Å². The summed E-state index contributed by atoms with van der Waals surface area (Å²) in [6.45, 7) is 9.98. The first-order chi connectivity index (χ1) is 10.3. The van der Waals surface area contributed by atoms with Crippen LogP contribution in [0.2, 0.25) is 0 Å². The molecular formula is C15H28F3NO3S. The molecule has 0 aliphatic carbocycles. The van der Waals surface area contributed by atoms with Gasteiger partial charge in [0.1, 0.15) is 6.04 Å². The molecule has 0 amide bonds. The second-order valence-electron chi connectivity index (χ2n) is 6.85. The Morgan fingerprint density at radius 1 is 1.17 bits per heavy atom. The number of carbonyl (C=O) groups is 1. The van der Waals surface area contributed by atoms with Crippen LogP contribution in [0.5, 0.6) is 0 Å². The first kappa shape index (κ1) is 22.4. The van der Waals surface area contributed by atoms with E-state index in [1.807, 2.05) is 13.8 Å². The van der Waals surface area contributed by atoms with Gasteiger partial charge in [-0.3, -0.25) is 4.79 Å². The first-order valence-corrected chi connectivity index (χ1v) is 8.87. The van der Waals surface area contributed by atoms with Gasteiger partial charge in [-0.2, -0.15) is 13.2 Å². The largest absolute Gasteiger partial charge is 0.466 e. The summed E-state index contributed by atoms with van der Waals surface area (Å²) < 4.78 is 58.4. The summed E-state index contributed by atoms with van der Waals surface area (Å²) in [7, 11) is -1.95. The molecule has 0 aromatic heterocycles. The van der Waals surface area contributed by atoms with Gasteiger partial charge in [-0.25, -0.2) is 8.93 Å². The van der Waals surface area contributed by atoms with Crippen molar-refractivity contribution in [3.63, 3.8) is 0 Å². The predicted octanol–water partition coefficient (Wildman–Crippen LogP) is 3.58. The fraction of sp³-hybridized carbons (Fsp3) is 0.933. The summed E-state index contributed by atoms with van der Waals surface area (Å²) in [6, 6.07) is -2.19. The van der Waals surface area contributed by atoms with Gasteiger partial charge in [0.2, 0.25) is 0 Å². The second-order valence-corrected chi connectivity index (χ2v) is 8.85. The number of carbonyl (C=O) groups excluding carboxylic acids is 1. The molecule has 0 aliphatic rings. The topological polar surface area (TPSA) is 55.4 Å². The Labute approximate surface area is 139 Å². The first-order valence-electron chi connectivity index (χ1n) is 7.72.